The first-order valence-electron chi connectivity index (χ1n) is 15.9. The Balaban J connectivity index is 1.30. The zero-order valence-corrected chi connectivity index (χ0v) is 27.2. The van der Waals surface area contributed by atoms with Gasteiger partial charge in [-0.05, 0) is 52.2 Å². The molecule has 3 nitrogen and oxygen atoms in total. The second-order valence-electron chi connectivity index (χ2n) is 12.0. The van der Waals surface area contributed by atoms with Crippen molar-refractivity contribution in [2.45, 2.75) is 0 Å². The van der Waals surface area contributed by atoms with Crippen molar-refractivity contribution < 1.29 is 0 Å². The van der Waals surface area contributed by atoms with Gasteiger partial charge in [-0.3, -0.25) is 0 Å². The minimum atomic E-state index is 0.662. The van der Waals surface area contributed by atoms with E-state index in [0.717, 1.165) is 16.7 Å². The van der Waals surface area contributed by atoms with Crippen LogP contribution in [0.15, 0.2) is 152 Å². The molecule has 0 aliphatic heterocycles. The molecule has 5 heteroatoms. The number of thiophene rings is 2. The molecule has 0 N–H and O–H groups in total. The Bertz CT molecular complexity index is 2780. The van der Waals surface area contributed by atoms with E-state index in [0.29, 0.717) is 17.5 Å². The number of hydrogen-bond donors (Lipinski definition) is 0. The van der Waals surface area contributed by atoms with Gasteiger partial charge in [0.1, 0.15) is 0 Å². The van der Waals surface area contributed by atoms with Crippen molar-refractivity contribution in [2.75, 3.05) is 0 Å². The van der Waals surface area contributed by atoms with Crippen LogP contribution < -0.4 is 0 Å². The molecule has 0 radical (unpaired) electrons. The number of benzene rings is 7. The minimum Gasteiger partial charge on any atom is -0.208 e. The van der Waals surface area contributed by atoms with Crippen LogP contribution in [-0.2, 0) is 0 Å². The van der Waals surface area contributed by atoms with Gasteiger partial charge in [0.05, 0.1) is 0 Å². The van der Waals surface area contributed by atoms with Gasteiger partial charge in [-0.15, -0.1) is 22.7 Å². The Kier molecular flexibility index (Phi) is 6.22. The summed E-state index contributed by atoms with van der Waals surface area (Å²) < 4.78 is 5.08. The lowest BCUT2D eigenvalue weighted by Gasteiger charge is -2.14. The van der Waals surface area contributed by atoms with Crippen molar-refractivity contribution in [3.63, 3.8) is 0 Å². The van der Waals surface area contributed by atoms with Crippen molar-refractivity contribution in [1.29, 1.82) is 0 Å². The fourth-order valence-corrected chi connectivity index (χ4v) is 9.28. The van der Waals surface area contributed by atoms with E-state index in [2.05, 4.69) is 115 Å². The predicted molar refractivity (Wildman–Crippen MR) is 205 cm³/mol. The lowest BCUT2D eigenvalue weighted by Crippen LogP contribution is -2.00. The summed E-state index contributed by atoms with van der Waals surface area (Å²) in [5, 5.41) is 7.70. The molecule has 3 aromatic heterocycles. The van der Waals surface area contributed by atoms with Crippen LogP contribution in [-0.4, -0.2) is 15.0 Å². The topological polar surface area (TPSA) is 38.7 Å². The molecular formula is C43H25N3S2. The van der Waals surface area contributed by atoms with Gasteiger partial charge in [0, 0.05) is 57.0 Å². The van der Waals surface area contributed by atoms with E-state index in [1.165, 1.54) is 62.2 Å². The van der Waals surface area contributed by atoms with Crippen molar-refractivity contribution in [3.05, 3.63) is 152 Å². The van der Waals surface area contributed by atoms with Crippen LogP contribution in [0.4, 0.5) is 0 Å². The maximum Gasteiger partial charge on any atom is 0.164 e. The zero-order valence-electron chi connectivity index (χ0n) is 25.6. The van der Waals surface area contributed by atoms with Crippen molar-refractivity contribution in [1.82, 2.24) is 15.0 Å². The van der Waals surface area contributed by atoms with Gasteiger partial charge in [0.2, 0.25) is 0 Å². The molecule has 0 saturated carbocycles. The number of rotatable bonds is 4. The molecule has 3 heterocycles. The number of aromatic nitrogens is 3. The van der Waals surface area contributed by atoms with Crippen LogP contribution in [0.3, 0.4) is 0 Å². The molecule has 0 bridgehead atoms. The summed E-state index contributed by atoms with van der Waals surface area (Å²) in [6.07, 6.45) is 0. The molecule has 0 unspecified atom stereocenters. The molecule has 0 saturated heterocycles. The normalized spacial score (nSPS) is 11.8. The minimum absolute atomic E-state index is 0.662. The van der Waals surface area contributed by atoms with E-state index in [1.54, 1.807) is 0 Å². The summed E-state index contributed by atoms with van der Waals surface area (Å²) >= 11 is 3.69. The second kappa shape index (κ2) is 10.9. The van der Waals surface area contributed by atoms with Crippen LogP contribution in [0.2, 0.25) is 0 Å². The summed E-state index contributed by atoms with van der Waals surface area (Å²) in [6, 6.07) is 53.7. The second-order valence-corrected chi connectivity index (χ2v) is 14.1. The fourth-order valence-electron chi connectivity index (χ4n) is 6.95. The van der Waals surface area contributed by atoms with Gasteiger partial charge in [0.15, 0.2) is 17.5 Å². The van der Waals surface area contributed by atoms with Crippen molar-refractivity contribution in [3.8, 4) is 45.3 Å². The monoisotopic (exact) mass is 647 g/mol. The highest BCUT2D eigenvalue weighted by molar-refractivity contribution is 7.26. The van der Waals surface area contributed by atoms with E-state index in [1.807, 2.05) is 59.1 Å². The standard InChI is InChI=1S/C43H25N3S2/c1-3-13-26(14-4-1)41-44-42(27-15-5-2-6-16-27)46-43(45-41)28-23-34(40-32-20-10-12-22-36(32)47-37(40)24-28)33-25-38-39(30-18-8-7-17-29(30)33)31-19-9-11-21-35(31)48-38/h1-25H. The van der Waals surface area contributed by atoms with Gasteiger partial charge < -0.3 is 0 Å². The van der Waals surface area contributed by atoms with Crippen LogP contribution in [0, 0.1) is 0 Å². The third kappa shape index (κ3) is 4.36. The molecule has 0 aliphatic rings. The van der Waals surface area contributed by atoms with Crippen LogP contribution in [0.5, 0.6) is 0 Å². The van der Waals surface area contributed by atoms with E-state index in [4.69, 9.17) is 15.0 Å². The van der Waals surface area contributed by atoms with Gasteiger partial charge in [0.25, 0.3) is 0 Å². The molecule has 7 aromatic carbocycles. The van der Waals surface area contributed by atoms with Gasteiger partial charge in [-0.25, -0.2) is 15.0 Å². The smallest absolute Gasteiger partial charge is 0.164 e. The predicted octanol–water partition coefficient (Wildman–Crippen LogP) is 12.4. The highest BCUT2D eigenvalue weighted by atomic mass is 32.1. The Morgan fingerprint density at radius 3 is 1.38 bits per heavy atom. The maximum atomic E-state index is 5.12. The summed E-state index contributed by atoms with van der Waals surface area (Å²) in [7, 11) is 0. The molecule has 0 amide bonds. The highest BCUT2D eigenvalue weighted by Crippen LogP contribution is 2.47. The molecule has 0 spiro atoms. The van der Waals surface area contributed by atoms with Gasteiger partial charge in [-0.1, -0.05) is 121 Å². The maximum absolute atomic E-state index is 5.12. The van der Waals surface area contributed by atoms with Gasteiger partial charge in [-0.2, -0.15) is 0 Å². The van der Waals surface area contributed by atoms with Gasteiger partial charge >= 0.3 is 0 Å². The number of fused-ring (bicyclic) bond motifs is 8. The van der Waals surface area contributed by atoms with E-state index in [-0.39, 0.29) is 0 Å². The Hall–Kier alpha value is -5.75. The molecule has 10 rings (SSSR count). The average molecular weight is 648 g/mol. The summed E-state index contributed by atoms with van der Waals surface area (Å²) in [4.78, 5) is 15.2. The largest absolute Gasteiger partial charge is 0.208 e. The lowest BCUT2D eigenvalue weighted by molar-refractivity contribution is 1.07. The third-order valence-corrected chi connectivity index (χ3v) is 11.3. The molecule has 0 fully saturated rings. The molecule has 224 valence electrons. The summed E-state index contributed by atoms with van der Waals surface area (Å²) in [5.74, 6) is 1.99. The van der Waals surface area contributed by atoms with E-state index in [9.17, 15) is 0 Å². The van der Waals surface area contributed by atoms with E-state index >= 15 is 0 Å². The lowest BCUT2D eigenvalue weighted by atomic mass is 9.91. The Labute approximate surface area is 284 Å². The third-order valence-electron chi connectivity index (χ3n) is 9.11. The SMILES string of the molecule is c1ccc(-c2nc(-c3ccccc3)nc(-c3cc(-c4cc5sc6ccccc6c5c5ccccc45)c4c(c3)sc3ccccc34)n2)cc1. The molecule has 48 heavy (non-hydrogen) atoms. The molecule has 0 aliphatic carbocycles. The fraction of sp³-hybridized carbons (Fsp3) is 0. The van der Waals surface area contributed by atoms with Crippen molar-refractivity contribution >= 4 is 73.8 Å². The first kappa shape index (κ1) is 27.4. The number of nitrogens with zero attached hydrogens (tertiary/aromatic N) is 3. The Morgan fingerprint density at radius 1 is 0.312 bits per heavy atom. The first-order chi connectivity index (χ1) is 23.8. The average Bonchev–Trinajstić information content (AvgIpc) is 3.73. The van der Waals surface area contributed by atoms with Crippen LogP contribution in [0.1, 0.15) is 0 Å². The zero-order chi connectivity index (χ0) is 31.6. The van der Waals surface area contributed by atoms with Crippen molar-refractivity contribution in [2.24, 2.45) is 0 Å². The summed E-state index contributed by atoms with van der Waals surface area (Å²) in [6.45, 7) is 0. The summed E-state index contributed by atoms with van der Waals surface area (Å²) in [5.41, 5.74) is 5.31. The molecular weight excluding hydrogens is 623 g/mol. The number of hydrogen-bond acceptors (Lipinski definition) is 5. The molecule has 10 aromatic rings. The Morgan fingerprint density at radius 2 is 0.771 bits per heavy atom. The van der Waals surface area contributed by atoms with E-state index < -0.39 is 0 Å². The quantitative estimate of drug-likeness (QED) is 0.191. The first-order valence-corrected chi connectivity index (χ1v) is 17.6. The highest BCUT2D eigenvalue weighted by Gasteiger charge is 2.20. The molecule has 0 atom stereocenters. The van der Waals surface area contributed by atoms with Crippen LogP contribution >= 0.6 is 22.7 Å². The van der Waals surface area contributed by atoms with Crippen LogP contribution in [0.25, 0.3) is 96.4 Å².